The molecule has 2 heterocycles. The summed E-state index contributed by atoms with van der Waals surface area (Å²) in [5.74, 6) is 0. The van der Waals surface area contributed by atoms with Crippen molar-refractivity contribution in [1.29, 1.82) is 0 Å². The van der Waals surface area contributed by atoms with Crippen molar-refractivity contribution in [1.82, 2.24) is 9.47 Å². The lowest BCUT2D eigenvalue weighted by Gasteiger charge is -2.26. The summed E-state index contributed by atoms with van der Waals surface area (Å²) < 4.78 is 45.3. The molecule has 0 saturated carbocycles. The number of ether oxygens (including phenoxy) is 1. The molecule has 7 heteroatoms. The van der Waals surface area contributed by atoms with Gasteiger partial charge in [-0.05, 0) is 43.7 Å². The molecule has 1 aromatic carbocycles. The van der Waals surface area contributed by atoms with Crippen molar-refractivity contribution in [3.63, 3.8) is 0 Å². The molecule has 1 saturated heterocycles. The van der Waals surface area contributed by atoms with Crippen LogP contribution in [0.2, 0.25) is 0 Å². The normalized spacial score (nSPS) is 16.0. The summed E-state index contributed by atoms with van der Waals surface area (Å²) in [4.78, 5) is 15.0. The van der Waals surface area contributed by atoms with Crippen LogP contribution in [0.5, 0.6) is 0 Å². The molecule has 4 nitrogen and oxygen atoms in total. The lowest BCUT2D eigenvalue weighted by Crippen LogP contribution is -2.37. The Morgan fingerprint density at radius 3 is 2.58 bits per heavy atom. The van der Waals surface area contributed by atoms with E-state index in [0.717, 1.165) is 51.4 Å². The first kappa shape index (κ1) is 18.7. The summed E-state index contributed by atoms with van der Waals surface area (Å²) in [6.45, 7) is 4.12. The number of benzene rings is 1. The van der Waals surface area contributed by atoms with E-state index in [4.69, 9.17) is 4.74 Å². The smallest absolute Gasteiger partial charge is 0.379 e. The molecule has 0 unspecified atom stereocenters. The van der Waals surface area contributed by atoms with Crippen LogP contribution in [-0.4, -0.2) is 42.3 Å². The van der Waals surface area contributed by atoms with Gasteiger partial charge in [-0.15, -0.1) is 0 Å². The highest BCUT2D eigenvalue weighted by Gasteiger charge is 2.30. The number of hydrogen-bond acceptors (Lipinski definition) is 3. The lowest BCUT2D eigenvalue weighted by atomic mass is 10.1. The quantitative estimate of drug-likeness (QED) is 0.816. The van der Waals surface area contributed by atoms with Crippen LogP contribution in [-0.2, 0) is 17.3 Å². The fourth-order valence-electron chi connectivity index (χ4n) is 3.08. The largest absolute Gasteiger partial charge is 0.416 e. The van der Waals surface area contributed by atoms with Crippen LogP contribution in [0.1, 0.15) is 17.5 Å². The van der Waals surface area contributed by atoms with Crippen molar-refractivity contribution in [2.45, 2.75) is 19.0 Å². The van der Waals surface area contributed by atoms with E-state index in [1.807, 2.05) is 0 Å². The van der Waals surface area contributed by atoms with Crippen molar-refractivity contribution >= 4 is 0 Å². The van der Waals surface area contributed by atoms with Crippen LogP contribution in [0.25, 0.3) is 5.69 Å². The van der Waals surface area contributed by atoms with Gasteiger partial charge < -0.3 is 4.74 Å². The molecule has 0 aliphatic carbocycles. The number of aromatic nitrogens is 1. The van der Waals surface area contributed by atoms with Gasteiger partial charge in [-0.25, -0.2) is 0 Å². The second-order valence-electron chi connectivity index (χ2n) is 6.31. The second-order valence-corrected chi connectivity index (χ2v) is 6.31. The number of hydrogen-bond donors (Lipinski definition) is 0. The Kier molecular flexibility index (Phi) is 5.78. The van der Waals surface area contributed by atoms with E-state index in [1.165, 1.54) is 22.9 Å². The van der Waals surface area contributed by atoms with E-state index < -0.39 is 11.7 Å². The van der Waals surface area contributed by atoms with E-state index >= 15 is 0 Å². The number of nitrogens with zero attached hydrogens (tertiary/aromatic N) is 2. The number of alkyl halides is 3. The molecule has 1 aromatic heterocycles. The molecule has 0 N–H and O–H groups in total. The zero-order valence-electron chi connectivity index (χ0n) is 14.3. The molecule has 0 atom stereocenters. The number of halogens is 3. The maximum absolute atomic E-state index is 12.9. The number of morpholine rings is 1. The van der Waals surface area contributed by atoms with Crippen LogP contribution in [0.4, 0.5) is 13.2 Å². The predicted octanol–water partition coefficient (Wildman–Crippen LogP) is 3.12. The summed E-state index contributed by atoms with van der Waals surface area (Å²) in [5.41, 5.74) is -0.202. The summed E-state index contributed by atoms with van der Waals surface area (Å²) in [7, 11) is 0. The SMILES string of the molecule is O=c1c(CCCN2CCOCC2)cccn1-c1cccc(C(F)(F)F)c1. The molecular weight excluding hydrogens is 345 g/mol. The zero-order valence-corrected chi connectivity index (χ0v) is 14.3. The van der Waals surface area contributed by atoms with Gasteiger partial charge in [0.1, 0.15) is 0 Å². The van der Waals surface area contributed by atoms with E-state index in [9.17, 15) is 18.0 Å². The van der Waals surface area contributed by atoms with Crippen LogP contribution in [0.3, 0.4) is 0 Å². The Labute approximate surface area is 149 Å². The maximum Gasteiger partial charge on any atom is 0.416 e. The van der Waals surface area contributed by atoms with Crippen LogP contribution in [0, 0.1) is 0 Å². The molecule has 0 bridgehead atoms. The molecule has 26 heavy (non-hydrogen) atoms. The van der Waals surface area contributed by atoms with Crippen molar-refractivity contribution in [3.8, 4) is 5.69 Å². The Hall–Kier alpha value is -2.12. The first-order chi connectivity index (χ1) is 12.4. The first-order valence-electron chi connectivity index (χ1n) is 8.63. The highest BCUT2D eigenvalue weighted by atomic mass is 19.4. The van der Waals surface area contributed by atoms with E-state index in [-0.39, 0.29) is 11.2 Å². The zero-order chi connectivity index (χ0) is 18.6. The molecule has 1 fully saturated rings. The van der Waals surface area contributed by atoms with Gasteiger partial charge in [-0.2, -0.15) is 13.2 Å². The van der Waals surface area contributed by atoms with E-state index in [2.05, 4.69) is 4.90 Å². The number of rotatable bonds is 5. The third-order valence-corrected chi connectivity index (χ3v) is 4.50. The Balaban J connectivity index is 1.74. The van der Waals surface area contributed by atoms with Gasteiger partial charge in [0.2, 0.25) is 0 Å². The standard InChI is InChI=1S/C19H21F3N2O2/c20-19(21,22)16-6-1-7-17(14-16)24-9-3-5-15(18(24)25)4-2-8-23-10-12-26-13-11-23/h1,3,5-7,9,14H,2,4,8,10-13H2. The molecule has 2 aromatic rings. The molecule has 0 amide bonds. The van der Waals surface area contributed by atoms with Crippen molar-refractivity contribution < 1.29 is 17.9 Å². The van der Waals surface area contributed by atoms with Crippen molar-refractivity contribution in [2.24, 2.45) is 0 Å². The van der Waals surface area contributed by atoms with Gasteiger partial charge in [0.05, 0.1) is 18.8 Å². The minimum absolute atomic E-state index is 0.222. The van der Waals surface area contributed by atoms with Crippen molar-refractivity contribution in [3.05, 3.63) is 64.1 Å². The topological polar surface area (TPSA) is 34.5 Å². The second kappa shape index (κ2) is 8.05. The van der Waals surface area contributed by atoms with Gasteiger partial charge in [0.15, 0.2) is 0 Å². The minimum Gasteiger partial charge on any atom is -0.379 e. The average Bonchev–Trinajstić information content (AvgIpc) is 2.63. The molecule has 1 aliphatic rings. The first-order valence-corrected chi connectivity index (χ1v) is 8.63. The van der Waals surface area contributed by atoms with Crippen molar-refractivity contribution in [2.75, 3.05) is 32.8 Å². The van der Waals surface area contributed by atoms with Crippen LogP contribution >= 0.6 is 0 Å². The summed E-state index contributed by atoms with van der Waals surface area (Å²) >= 11 is 0. The molecule has 0 spiro atoms. The highest BCUT2D eigenvalue weighted by molar-refractivity contribution is 5.38. The van der Waals surface area contributed by atoms with Gasteiger partial charge in [-0.3, -0.25) is 14.3 Å². The number of aryl methyl sites for hydroxylation is 1. The highest BCUT2D eigenvalue weighted by Crippen LogP contribution is 2.30. The van der Waals surface area contributed by atoms with Gasteiger partial charge in [0, 0.05) is 30.5 Å². The number of pyridine rings is 1. The molecule has 140 valence electrons. The van der Waals surface area contributed by atoms with E-state index in [0.29, 0.717) is 12.0 Å². The maximum atomic E-state index is 12.9. The Morgan fingerprint density at radius 1 is 1.08 bits per heavy atom. The monoisotopic (exact) mass is 366 g/mol. The summed E-state index contributed by atoms with van der Waals surface area (Å²) in [6, 6.07) is 8.26. The minimum atomic E-state index is -4.44. The van der Waals surface area contributed by atoms with Crippen LogP contribution in [0.15, 0.2) is 47.4 Å². The third kappa shape index (κ3) is 4.53. The molecule has 3 rings (SSSR count). The molecule has 1 aliphatic heterocycles. The lowest BCUT2D eigenvalue weighted by molar-refractivity contribution is -0.137. The molecular formula is C19H21F3N2O2. The third-order valence-electron chi connectivity index (χ3n) is 4.50. The average molecular weight is 366 g/mol. The van der Waals surface area contributed by atoms with Gasteiger partial charge in [0.25, 0.3) is 5.56 Å². The Morgan fingerprint density at radius 2 is 1.85 bits per heavy atom. The predicted molar refractivity (Wildman–Crippen MR) is 92.6 cm³/mol. The van der Waals surface area contributed by atoms with Gasteiger partial charge >= 0.3 is 6.18 Å². The van der Waals surface area contributed by atoms with Gasteiger partial charge in [-0.1, -0.05) is 12.1 Å². The summed E-state index contributed by atoms with van der Waals surface area (Å²) in [6.07, 6.45) is -1.52. The molecule has 0 radical (unpaired) electrons. The summed E-state index contributed by atoms with van der Waals surface area (Å²) in [5, 5.41) is 0. The van der Waals surface area contributed by atoms with E-state index in [1.54, 1.807) is 12.1 Å². The fourth-order valence-corrected chi connectivity index (χ4v) is 3.08. The Bertz CT molecular complexity index is 796. The fraction of sp³-hybridized carbons (Fsp3) is 0.421. The van der Waals surface area contributed by atoms with Crippen LogP contribution < -0.4 is 5.56 Å².